The van der Waals surface area contributed by atoms with E-state index >= 15 is 0 Å². The monoisotopic (exact) mass is 90.0 g/mol. The summed E-state index contributed by atoms with van der Waals surface area (Å²) < 4.78 is 0. The van der Waals surface area contributed by atoms with E-state index in [1.165, 1.54) is 0 Å². The molecule has 2 radical (unpaired) electrons. The molecular formula is C2H4KNa. The molecule has 0 aliphatic carbocycles. The van der Waals surface area contributed by atoms with Crippen LogP contribution in [0.2, 0.25) is 0 Å². The Bertz CT molecular complexity index is 6.00. The van der Waals surface area contributed by atoms with Crippen molar-refractivity contribution in [2.75, 3.05) is 0 Å². The van der Waals surface area contributed by atoms with Gasteiger partial charge in [0.25, 0.3) is 0 Å². The molecule has 0 aliphatic rings. The fourth-order valence-electron chi connectivity index (χ4n) is 0. The second-order valence-corrected chi connectivity index (χ2v) is 0. The van der Waals surface area contributed by atoms with E-state index in [1.54, 1.807) is 0 Å². The van der Waals surface area contributed by atoms with Crippen LogP contribution in [0.5, 0.6) is 0 Å². The first-order valence-electron chi connectivity index (χ1n) is 0.500. The topological polar surface area (TPSA) is 0 Å². The first kappa shape index (κ1) is 16.2. The molecule has 0 heterocycles. The first-order chi connectivity index (χ1) is 1.00. The van der Waals surface area contributed by atoms with Crippen LogP contribution in [0.15, 0.2) is 13.2 Å². The van der Waals surface area contributed by atoms with Gasteiger partial charge in [-0.25, -0.2) is 0 Å². The van der Waals surface area contributed by atoms with Crippen molar-refractivity contribution >= 4 is 80.9 Å². The fourth-order valence-corrected chi connectivity index (χ4v) is 0. The van der Waals surface area contributed by atoms with Crippen LogP contribution in [-0.4, -0.2) is 80.9 Å². The first-order valence-corrected chi connectivity index (χ1v) is 0.500. The van der Waals surface area contributed by atoms with E-state index < -0.39 is 0 Å². The van der Waals surface area contributed by atoms with E-state index in [0.717, 1.165) is 0 Å². The maximum Gasteiger partial charge on any atom is 0 e. The van der Waals surface area contributed by atoms with Gasteiger partial charge >= 0.3 is 0 Å². The zero-order valence-corrected chi connectivity index (χ0v) is 8.54. The summed E-state index contributed by atoms with van der Waals surface area (Å²) in [6, 6.07) is 0. The summed E-state index contributed by atoms with van der Waals surface area (Å²) in [7, 11) is 0. The Hall–Kier alpha value is 2.38. The Morgan fingerprint density at radius 3 is 1.00 bits per heavy atom. The van der Waals surface area contributed by atoms with Gasteiger partial charge < -0.3 is 0 Å². The zero-order valence-electron chi connectivity index (χ0n) is 3.41. The number of hydrogen-bond donors (Lipinski definition) is 0. The standard InChI is InChI=1S/C2H4.K.Na/c1-2;;/h1-2H2;;. The molecule has 0 saturated heterocycles. The van der Waals surface area contributed by atoms with Crippen LogP contribution in [0.4, 0.5) is 0 Å². The van der Waals surface area contributed by atoms with Gasteiger partial charge in [0, 0.05) is 80.9 Å². The van der Waals surface area contributed by atoms with Gasteiger partial charge in [-0.15, -0.1) is 13.2 Å². The minimum atomic E-state index is 0. The molecule has 0 rings (SSSR count). The van der Waals surface area contributed by atoms with Crippen LogP contribution >= 0.6 is 0 Å². The fraction of sp³-hybridized carbons (Fsp3) is 0. The second-order valence-electron chi connectivity index (χ2n) is 0. The minimum absolute atomic E-state index is 0. The molecule has 0 aliphatic heterocycles. The quantitative estimate of drug-likeness (QED) is 0.291. The summed E-state index contributed by atoms with van der Waals surface area (Å²) in [4.78, 5) is 0. The molecule has 14 valence electrons. The van der Waals surface area contributed by atoms with Crippen LogP contribution < -0.4 is 0 Å². The molecule has 0 unspecified atom stereocenters. The summed E-state index contributed by atoms with van der Waals surface area (Å²) in [6.07, 6.45) is 0. The molecule has 0 atom stereocenters. The molecule has 0 aromatic heterocycles. The van der Waals surface area contributed by atoms with Crippen molar-refractivity contribution in [3.63, 3.8) is 0 Å². The van der Waals surface area contributed by atoms with Crippen molar-refractivity contribution in [3.8, 4) is 0 Å². The van der Waals surface area contributed by atoms with Gasteiger partial charge in [-0.3, -0.25) is 0 Å². The maximum absolute atomic E-state index is 3.00. The average molecular weight is 90.1 g/mol. The van der Waals surface area contributed by atoms with E-state index in [9.17, 15) is 0 Å². The molecule has 0 saturated carbocycles. The third-order valence-electron chi connectivity index (χ3n) is 0. The van der Waals surface area contributed by atoms with Crippen molar-refractivity contribution < 1.29 is 0 Å². The Kier molecular flexibility index (Phi) is 73.7. The van der Waals surface area contributed by atoms with Crippen LogP contribution in [-0.2, 0) is 0 Å². The summed E-state index contributed by atoms with van der Waals surface area (Å²) in [5, 5.41) is 0. The van der Waals surface area contributed by atoms with Crippen LogP contribution in [0.25, 0.3) is 0 Å². The predicted molar refractivity (Wildman–Crippen MR) is 22.8 cm³/mol. The molecule has 0 aromatic rings. The van der Waals surface area contributed by atoms with Gasteiger partial charge in [-0.05, 0) is 0 Å². The van der Waals surface area contributed by atoms with Gasteiger partial charge in [0.05, 0.1) is 0 Å². The van der Waals surface area contributed by atoms with E-state index in [1.807, 2.05) is 0 Å². The summed E-state index contributed by atoms with van der Waals surface area (Å²) in [6.45, 7) is 6.00. The molecular weight excluding hydrogens is 86.1 g/mol. The summed E-state index contributed by atoms with van der Waals surface area (Å²) in [5.74, 6) is 0. The molecule has 4 heavy (non-hydrogen) atoms. The minimum Gasteiger partial charge on any atom is -0.106 e. The molecule has 0 nitrogen and oxygen atoms in total. The molecule has 0 aromatic carbocycles. The van der Waals surface area contributed by atoms with E-state index in [2.05, 4.69) is 13.2 Å². The van der Waals surface area contributed by atoms with E-state index in [4.69, 9.17) is 0 Å². The third-order valence-corrected chi connectivity index (χ3v) is 0. The van der Waals surface area contributed by atoms with Crippen LogP contribution in [0.1, 0.15) is 0 Å². The summed E-state index contributed by atoms with van der Waals surface area (Å²) in [5.41, 5.74) is 0. The maximum atomic E-state index is 3.00. The molecule has 2 heteroatoms. The molecule has 0 fully saturated rings. The predicted octanol–water partition coefficient (Wildman–Crippen LogP) is 0.0406. The van der Waals surface area contributed by atoms with Gasteiger partial charge in [-0.1, -0.05) is 0 Å². The third kappa shape index (κ3) is 8.83. The smallest absolute Gasteiger partial charge is 0 e. The zero-order chi connectivity index (χ0) is 2.00. The van der Waals surface area contributed by atoms with Crippen molar-refractivity contribution in [1.29, 1.82) is 0 Å². The van der Waals surface area contributed by atoms with Gasteiger partial charge in [0.1, 0.15) is 0 Å². The Morgan fingerprint density at radius 2 is 1.00 bits per heavy atom. The van der Waals surface area contributed by atoms with Gasteiger partial charge in [-0.2, -0.15) is 0 Å². The SMILES string of the molecule is C=C.[K].[Na]. The Morgan fingerprint density at radius 1 is 1.00 bits per heavy atom. The van der Waals surface area contributed by atoms with Crippen molar-refractivity contribution in [3.05, 3.63) is 13.2 Å². The molecule has 0 amide bonds. The Balaban J connectivity index is -0.00000000500. The second kappa shape index (κ2) is 18.2. The Labute approximate surface area is 91.8 Å². The van der Waals surface area contributed by atoms with Crippen LogP contribution in [0, 0.1) is 0 Å². The molecule has 0 bridgehead atoms. The van der Waals surface area contributed by atoms with Gasteiger partial charge in [0.15, 0.2) is 0 Å². The average Bonchev–Trinajstić information content (AvgIpc) is 1.00. The van der Waals surface area contributed by atoms with Crippen molar-refractivity contribution in [2.45, 2.75) is 0 Å². The number of hydrogen-bond acceptors (Lipinski definition) is 0. The van der Waals surface area contributed by atoms with E-state index in [0.29, 0.717) is 0 Å². The van der Waals surface area contributed by atoms with Crippen molar-refractivity contribution in [1.82, 2.24) is 0 Å². The largest absolute Gasteiger partial charge is 0.106 e. The summed E-state index contributed by atoms with van der Waals surface area (Å²) >= 11 is 0. The number of rotatable bonds is 0. The van der Waals surface area contributed by atoms with Crippen molar-refractivity contribution in [2.24, 2.45) is 0 Å². The van der Waals surface area contributed by atoms with Gasteiger partial charge in [0.2, 0.25) is 0 Å². The van der Waals surface area contributed by atoms with Crippen LogP contribution in [0.3, 0.4) is 0 Å². The molecule has 0 spiro atoms. The normalized spacial score (nSPS) is 1.00. The molecule has 0 N–H and O–H groups in total. The van der Waals surface area contributed by atoms with E-state index in [-0.39, 0.29) is 80.9 Å².